The zero-order valence-electron chi connectivity index (χ0n) is 14.7. The van der Waals surface area contributed by atoms with Crippen molar-refractivity contribution in [3.8, 4) is 23.8 Å². The van der Waals surface area contributed by atoms with E-state index in [9.17, 15) is 18.0 Å². The van der Waals surface area contributed by atoms with Gasteiger partial charge in [0.05, 0.1) is 24.7 Å². The summed E-state index contributed by atoms with van der Waals surface area (Å²) >= 11 is 0. The molecule has 2 rings (SSSR count). The van der Waals surface area contributed by atoms with Crippen molar-refractivity contribution in [2.24, 2.45) is 0 Å². The zero-order valence-corrected chi connectivity index (χ0v) is 15.5. The molecular formula is C17H20N2O7S. The van der Waals surface area contributed by atoms with Crippen molar-refractivity contribution in [1.29, 1.82) is 0 Å². The van der Waals surface area contributed by atoms with E-state index in [1.165, 1.54) is 25.1 Å². The van der Waals surface area contributed by atoms with Crippen LogP contribution in [0.4, 0.5) is 0 Å². The van der Waals surface area contributed by atoms with Crippen LogP contribution in [0.2, 0.25) is 0 Å². The number of benzene rings is 1. The Hall–Kier alpha value is -2.77. The van der Waals surface area contributed by atoms with Crippen molar-refractivity contribution in [3.63, 3.8) is 0 Å². The summed E-state index contributed by atoms with van der Waals surface area (Å²) in [7, 11) is -4.02. The predicted octanol–water partition coefficient (Wildman–Crippen LogP) is -0.193. The molecule has 10 heteroatoms. The smallest absolute Gasteiger partial charge is 0.324 e. The molecular weight excluding hydrogens is 376 g/mol. The summed E-state index contributed by atoms with van der Waals surface area (Å²) in [5, 5.41) is 2.32. The van der Waals surface area contributed by atoms with E-state index in [1.54, 1.807) is 0 Å². The van der Waals surface area contributed by atoms with Gasteiger partial charge >= 0.3 is 5.97 Å². The van der Waals surface area contributed by atoms with Gasteiger partial charge in [0.15, 0.2) is 18.1 Å². The molecule has 1 atom stereocenters. The lowest BCUT2D eigenvalue weighted by Crippen LogP contribution is -2.41. The molecule has 2 N–H and O–H groups in total. The maximum Gasteiger partial charge on any atom is 0.324 e. The molecule has 0 bridgehead atoms. The predicted molar refractivity (Wildman–Crippen MR) is 94.6 cm³/mol. The molecule has 0 unspecified atom stereocenters. The monoisotopic (exact) mass is 396 g/mol. The van der Waals surface area contributed by atoms with Gasteiger partial charge in [-0.15, -0.1) is 6.42 Å². The van der Waals surface area contributed by atoms with Crippen LogP contribution in [0, 0.1) is 12.3 Å². The van der Waals surface area contributed by atoms with E-state index in [0.29, 0.717) is 31.1 Å². The average molecular weight is 396 g/mol. The van der Waals surface area contributed by atoms with Crippen molar-refractivity contribution in [3.05, 3.63) is 18.2 Å². The highest BCUT2D eigenvalue weighted by Gasteiger charge is 2.25. The van der Waals surface area contributed by atoms with Crippen molar-refractivity contribution in [1.82, 2.24) is 10.0 Å². The fraction of sp³-hybridized carbons (Fsp3) is 0.412. The molecule has 0 fully saturated rings. The first-order valence-electron chi connectivity index (χ1n) is 8.12. The second-order valence-corrected chi connectivity index (χ2v) is 7.30. The number of esters is 1. The van der Waals surface area contributed by atoms with E-state index in [-0.39, 0.29) is 11.4 Å². The number of nitrogens with one attached hydrogen (secondary N) is 2. The minimum Gasteiger partial charge on any atom is -0.490 e. The highest BCUT2D eigenvalue weighted by atomic mass is 32.2. The second-order valence-electron chi connectivity index (χ2n) is 5.59. The van der Waals surface area contributed by atoms with E-state index in [1.807, 2.05) is 0 Å². The van der Waals surface area contributed by atoms with Gasteiger partial charge in [-0.1, -0.05) is 5.92 Å². The highest BCUT2D eigenvalue weighted by molar-refractivity contribution is 7.89. The van der Waals surface area contributed by atoms with E-state index in [2.05, 4.69) is 16.0 Å². The maximum absolute atomic E-state index is 12.5. The summed E-state index contributed by atoms with van der Waals surface area (Å²) in [6, 6.07) is 2.97. The molecule has 0 saturated carbocycles. The Kier molecular flexibility index (Phi) is 7.04. The minimum absolute atomic E-state index is 0.00266. The number of terminal acetylenes is 1. The topological polar surface area (TPSA) is 120 Å². The summed E-state index contributed by atoms with van der Waals surface area (Å²) in [5.41, 5.74) is 0. The SMILES string of the molecule is C#CCNC(=O)COC(=O)[C@H](C)NS(=O)(=O)c1ccc2c(c1)OCCCO2. The minimum atomic E-state index is -4.02. The molecule has 0 radical (unpaired) electrons. The molecule has 146 valence electrons. The number of rotatable bonds is 7. The summed E-state index contributed by atoms with van der Waals surface area (Å²) in [6.07, 6.45) is 5.68. The van der Waals surface area contributed by atoms with Crippen LogP contribution in [-0.2, 0) is 24.3 Å². The molecule has 1 amide bonds. The van der Waals surface area contributed by atoms with Gasteiger partial charge in [0, 0.05) is 12.5 Å². The first kappa shape index (κ1) is 20.5. The van der Waals surface area contributed by atoms with Crippen LogP contribution < -0.4 is 19.5 Å². The first-order valence-corrected chi connectivity index (χ1v) is 9.60. The van der Waals surface area contributed by atoms with Crippen LogP contribution in [0.5, 0.6) is 11.5 Å². The molecule has 9 nitrogen and oxygen atoms in total. The molecule has 1 aromatic carbocycles. The van der Waals surface area contributed by atoms with Gasteiger partial charge in [-0.05, 0) is 19.1 Å². The maximum atomic E-state index is 12.5. The molecule has 1 aromatic rings. The van der Waals surface area contributed by atoms with E-state index in [0.717, 1.165) is 0 Å². The van der Waals surface area contributed by atoms with Crippen LogP contribution in [-0.4, -0.2) is 52.7 Å². The Labute approximate surface area is 157 Å². The van der Waals surface area contributed by atoms with Crippen molar-refractivity contribution < 1.29 is 32.2 Å². The first-order chi connectivity index (χ1) is 12.8. The van der Waals surface area contributed by atoms with Crippen molar-refractivity contribution in [2.45, 2.75) is 24.3 Å². The number of carbonyl (C=O) groups excluding carboxylic acids is 2. The summed E-state index contributed by atoms with van der Waals surface area (Å²) < 4.78 is 42.8. The number of fused-ring (bicyclic) bond motifs is 1. The van der Waals surface area contributed by atoms with Crippen molar-refractivity contribution >= 4 is 21.9 Å². The number of amides is 1. The lowest BCUT2D eigenvalue weighted by molar-refractivity contribution is -0.149. The largest absolute Gasteiger partial charge is 0.490 e. The standard InChI is InChI=1S/C17H20N2O7S/c1-3-7-18-16(20)11-26-17(21)12(2)19-27(22,23)13-5-6-14-15(10-13)25-9-4-8-24-14/h1,5-6,10,12,19H,4,7-9,11H2,2H3,(H,18,20)/t12-/m0/s1. The van der Waals surface area contributed by atoms with Gasteiger partial charge < -0.3 is 19.5 Å². The zero-order chi connectivity index (χ0) is 19.9. The van der Waals surface area contributed by atoms with E-state index < -0.39 is 34.5 Å². The van der Waals surface area contributed by atoms with Gasteiger partial charge in [-0.25, -0.2) is 8.42 Å². The Morgan fingerprint density at radius 2 is 2.00 bits per heavy atom. The third kappa shape index (κ3) is 5.87. The number of sulfonamides is 1. The number of carbonyl (C=O) groups is 2. The fourth-order valence-electron chi connectivity index (χ4n) is 2.12. The van der Waals surface area contributed by atoms with Crippen LogP contribution in [0.1, 0.15) is 13.3 Å². The van der Waals surface area contributed by atoms with Crippen LogP contribution in [0.15, 0.2) is 23.1 Å². The molecule has 0 spiro atoms. The lowest BCUT2D eigenvalue weighted by atomic mass is 10.3. The third-order valence-corrected chi connectivity index (χ3v) is 4.99. The van der Waals surface area contributed by atoms with Gasteiger partial charge in [0.1, 0.15) is 6.04 Å². The van der Waals surface area contributed by atoms with Crippen LogP contribution in [0.25, 0.3) is 0 Å². The van der Waals surface area contributed by atoms with E-state index >= 15 is 0 Å². The van der Waals surface area contributed by atoms with Gasteiger partial charge in [0.25, 0.3) is 5.91 Å². The van der Waals surface area contributed by atoms with Gasteiger partial charge in [-0.2, -0.15) is 4.72 Å². The van der Waals surface area contributed by atoms with E-state index in [4.69, 9.17) is 20.6 Å². The summed E-state index contributed by atoms with van der Waals surface area (Å²) in [4.78, 5) is 23.2. The fourth-order valence-corrected chi connectivity index (χ4v) is 3.33. The Morgan fingerprint density at radius 3 is 2.70 bits per heavy atom. The van der Waals surface area contributed by atoms with Crippen LogP contribution >= 0.6 is 0 Å². The number of ether oxygens (including phenoxy) is 3. The second kappa shape index (κ2) is 9.25. The lowest BCUT2D eigenvalue weighted by Gasteiger charge is -2.15. The molecule has 1 aliphatic rings. The third-order valence-electron chi connectivity index (χ3n) is 3.45. The Balaban J connectivity index is 1.98. The summed E-state index contributed by atoms with van der Waals surface area (Å²) in [6.45, 7) is 1.64. The quantitative estimate of drug-likeness (QED) is 0.484. The highest BCUT2D eigenvalue weighted by Crippen LogP contribution is 2.31. The van der Waals surface area contributed by atoms with Crippen molar-refractivity contribution in [2.75, 3.05) is 26.4 Å². The summed E-state index contributed by atoms with van der Waals surface area (Å²) in [5.74, 6) is 1.49. The molecule has 0 saturated heterocycles. The number of hydrogen-bond acceptors (Lipinski definition) is 7. The Bertz CT molecular complexity index is 845. The number of hydrogen-bond donors (Lipinski definition) is 2. The average Bonchev–Trinajstić information content (AvgIpc) is 2.88. The van der Waals surface area contributed by atoms with Gasteiger partial charge in [-0.3, -0.25) is 9.59 Å². The molecule has 0 aliphatic carbocycles. The molecule has 1 aliphatic heterocycles. The Morgan fingerprint density at radius 1 is 1.30 bits per heavy atom. The van der Waals surface area contributed by atoms with Gasteiger partial charge in [0.2, 0.25) is 10.0 Å². The molecule has 1 heterocycles. The van der Waals surface area contributed by atoms with Crippen LogP contribution in [0.3, 0.4) is 0 Å². The molecule has 27 heavy (non-hydrogen) atoms. The molecule has 0 aromatic heterocycles. The normalized spacial score (nSPS) is 14.4.